The molecule has 31 heavy (non-hydrogen) atoms. The van der Waals surface area contributed by atoms with Gasteiger partial charge in [0.15, 0.2) is 0 Å². The Balaban J connectivity index is 1.47. The van der Waals surface area contributed by atoms with Gasteiger partial charge in [0, 0.05) is 7.11 Å². The number of rotatable bonds is 5. The van der Waals surface area contributed by atoms with Crippen LogP contribution in [0.2, 0.25) is 0 Å². The fraction of sp³-hybridized carbons (Fsp3) is 0.931. The minimum Gasteiger partial charge on any atom is -0.393 e. The van der Waals surface area contributed by atoms with Crippen molar-refractivity contribution in [2.45, 2.75) is 118 Å². The van der Waals surface area contributed by atoms with E-state index in [9.17, 15) is 5.11 Å². The van der Waals surface area contributed by atoms with Crippen molar-refractivity contribution in [3.05, 3.63) is 11.6 Å². The maximum absolute atomic E-state index is 10.6. The maximum atomic E-state index is 10.6. The van der Waals surface area contributed by atoms with Crippen LogP contribution >= 0.6 is 0 Å². The van der Waals surface area contributed by atoms with Gasteiger partial charge in [-0.2, -0.15) is 0 Å². The van der Waals surface area contributed by atoms with Gasteiger partial charge < -0.3 is 9.84 Å². The lowest BCUT2D eigenvalue weighted by Gasteiger charge is -2.58. The van der Waals surface area contributed by atoms with Gasteiger partial charge in [-0.15, -0.1) is 0 Å². The first-order chi connectivity index (χ1) is 14.5. The van der Waals surface area contributed by atoms with Gasteiger partial charge in [0.05, 0.1) is 12.2 Å². The van der Waals surface area contributed by atoms with Gasteiger partial charge in [-0.3, -0.25) is 0 Å². The molecular formula is C29H50O2. The van der Waals surface area contributed by atoms with Crippen LogP contribution in [0.1, 0.15) is 106 Å². The Hall–Kier alpha value is -0.340. The van der Waals surface area contributed by atoms with Crippen LogP contribution < -0.4 is 0 Å². The second kappa shape index (κ2) is 8.46. The smallest absolute Gasteiger partial charge is 0.0608 e. The van der Waals surface area contributed by atoms with Crippen molar-refractivity contribution in [3.8, 4) is 0 Å². The van der Waals surface area contributed by atoms with Gasteiger partial charge in [-0.25, -0.2) is 0 Å². The van der Waals surface area contributed by atoms with E-state index in [-0.39, 0.29) is 11.5 Å². The molecule has 0 radical (unpaired) electrons. The quantitative estimate of drug-likeness (QED) is 0.460. The summed E-state index contributed by atoms with van der Waals surface area (Å²) in [6.07, 6.45) is 15.8. The summed E-state index contributed by atoms with van der Waals surface area (Å²) >= 11 is 0. The Morgan fingerprint density at radius 3 is 2.48 bits per heavy atom. The van der Waals surface area contributed by atoms with E-state index in [1.165, 1.54) is 57.8 Å². The third-order valence-corrected chi connectivity index (χ3v) is 11.0. The van der Waals surface area contributed by atoms with E-state index < -0.39 is 0 Å². The average Bonchev–Trinajstić information content (AvgIpc) is 3.07. The summed E-state index contributed by atoms with van der Waals surface area (Å²) in [5, 5.41) is 10.6. The number of hydrogen-bond donors (Lipinski definition) is 1. The second-order valence-electron chi connectivity index (χ2n) is 13.5. The maximum Gasteiger partial charge on any atom is 0.0608 e. The molecule has 0 bridgehead atoms. The van der Waals surface area contributed by atoms with Gasteiger partial charge in [-0.05, 0) is 110 Å². The molecule has 2 heteroatoms. The standard InChI is InChI=1S/C29H50O2/c1-19(8-13-26(30)27(2,3)4)23-11-12-24-22-10-9-20-18-21(31-7)14-16-28(20,5)25(22)15-17-29(23,24)6/h9,19,21-26,30H,8,10-18H2,1-7H3/t19-,21+,22+,23-,24+,25+,26?,28+,29-/m1/s1. The lowest BCUT2D eigenvalue weighted by Crippen LogP contribution is -2.51. The zero-order valence-electron chi connectivity index (χ0n) is 21.5. The minimum absolute atomic E-state index is 0.00327. The zero-order chi connectivity index (χ0) is 22.6. The molecule has 3 fully saturated rings. The highest BCUT2D eigenvalue weighted by molar-refractivity contribution is 5.25. The molecule has 0 aromatic heterocycles. The highest BCUT2D eigenvalue weighted by atomic mass is 16.5. The molecular weight excluding hydrogens is 380 g/mol. The first-order valence-electron chi connectivity index (χ1n) is 13.4. The highest BCUT2D eigenvalue weighted by Gasteiger charge is 2.59. The molecule has 0 aromatic carbocycles. The first kappa shape index (κ1) is 23.8. The van der Waals surface area contributed by atoms with E-state index in [4.69, 9.17) is 4.74 Å². The van der Waals surface area contributed by atoms with Crippen LogP contribution in [0, 0.1) is 45.8 Å². The van der Waals surface area contributed by atoms with Crippen molar-refractivity contribution >= 4 is 0 Å². The monoisotopic (exact) mass is 430 g/mol. The predicted molar refractivity (Wildman–Crippen MR) is 130 cm³/mol. The number of methoxy groups -OCH3 is 1. The Bertz CT molecular complexity index is 675. The fourth-order valence-corrected chi connectivity index (χ4v) is 8.86. The summed E-state index contributed by atoms with van der Waals surface area (Å²) in [6, 6.07) is 0. The predicted octanol–water partition coefficient (Wildman–Crippen LogP) is 7.40. The van der Waals surface area contributed by atoms with E-state index in [2.05, 4.69) is 47.6 Å². The average molecular weight is 431 g/mol. The zero-order valence-corrected chi connectivity index (χ0v) is 21.5. The van der Waals surface area contributed by atoms with E-state index in [0.29, 0.717) is 16.9 Å². The van der Waals surface area contributed by atoms with Crippen LogP contribution in [0.3, 0.4) is 0 Å². The Morgan fingerprint density at radius 1 is 1.06 bits per heavy atom. The summed E-state index contributed by atoms with van der Waals surface area (Å²) in [6.45, 7) is 14.3. The molecule has 1 N–H and O–H groups in total. The number of fused-ring (bicyclic) bond motifs is 5. The Kier molecular flexibility index (Phi) is 6.50. The molecule has 0 amide bonds. The summed E-state index contributed by atoms with van der Waals surface area (Å²) < 4.78 is 5.75. The molecule has 4 aliphatic carbocycles. The van der Waals surface area contributed by atoms with Crippen LogP contribution in [-0.2, 0) is 4.74 Å². The van der Waals surface area contributed by atoms with E-state index >= 15 is 0 Å². The number of hydrogen-bond acceptors (Lipinski definition) is 2. The van der Waals surface area contributed by atoms with Crippen molar-refractivity contribution in [1.29, 1.82) is 0 Å². The van der Waals surface area contributed by atoms with Gasteiger partial charge >= 0.3 is 0 Å². The Labute approximate surface area is 192 Å². The number of aliphatic hydroxyl groups is 1. The third-order valence-electron chi connectivity index (χ3n) is 11.0. The van der Waals surface area contributed by atoms with Crippen molar-refractivity contribution in [1.82, 2.24) is 0 Å². The van der Waals surface area contributed by atoms with Gasteiger partial charge in [-0.1, -0.05) is 53.2 Å². The summed E-state index contributed by atoms with van der Waals surface area (Å²) in [7, 11) is 1.89. The van der Waals surface area contributed by atoms with Crippen molar-refractivity contribution < 1.29 is 9.84 Å². The van der Waals surface area contributed by atoms with Crippen molar-refractivity contribution in [2.75, 3.05) is 7.11 Å². The largest absolute Gasteiger partial charge is 0.393 e. The van der Waals surface area contributed by atoms with Gasteiger partial charge in [0.2, 0.25) is 0 Å². The van der Waals surface area contributed by atoms with E-state index in [1.807, 2.05) is 7.11 Å². The van der Waals surface area contributed by atoms with Crippen LogP contribution in [0.25, 0.3) is 0 Å². The summed E-state index contributed by atoms with van der Waals surface area (Å²) in [5.74, 6) is 4.25. The number of aliphatic hydroxyl groups excluding tert-OH is 1. The molecule has 0 aromatic rings. The molecule has 4 rings (SSSR count). The first-order valence-corrected chi connectivity index (χ1v) is 13.4. The normalized spacial score (nSPS) is 44.6. The molecule has 4 aliphatic rings. The molecule has 9 atom stereocenters. The fourth-order valence-electron chi connectivity index (χ4n) is 8.86. The Morgan fingerprint density at radius 2 is 1.81 bits per heavy atom. The third kappa shape index (κ3) is 4.07. The van der Waals surface area contributed by atoms with Gasteiger partial charge in [0.1, 0.15) is 0 Å². The SMILES string of the molecule is CO[C@H]1CC[C@@]2(C)C(=CC[C@H]3[C@@H]4CC[C@H]([C@H](C)CCC(O)C(C)(C)C)[C@@]4(C)CC[C@@H]32)C1. The molecule has 3 saturated carbocycles. The lowest BCUT2D eigenvalue weighted by molar-refractivity contribution is -0.0611. The van der Waals surface area contributed by atoms with Crippen LogP contribution in [-0.4, -0.2) is 24.4 Å². The van der Waals surface area contributed by atoms with Crippen LogP contribution in [0.5, 0.6) is 0 Å². The van der Waals surface area contributed by atoms with E-state index in [1.54, 1.807) is 5.57 Å². The molecule has 178 valence electrons. The molecule has 1 unspecified atom stereocenters. The van der Waals surface area contributed by atoms with E-state index in [0.717, 1.165) is 36.0 Å². The molecule has 0 spiro atoms. The highest BCUT2D eigenvalue weighted by Crippen LogP contribution is 2.67. The van der Waals surface area contributed by atoms with Crippen molar-refractivity contribution in [3.63, 3.8) is 0 Å². The minimum atomic E-state index is -0.181. The second-order valence-corrected chi connectivity index (χ2v) is 13.5. The van der Waals surface area contributed by atoms with Crippen LogP contribution in [0.15, 0.2) is 11.6 Å². The van der Waals surface area contributed by atoms with Crippen molar-refractivity contribution in [2.24, 2.45) is 45.8 Å². The lowest BCUT2D eigenvalue weighted by atomic mass is 9.47. The molecule has 0 saturated heterocycles. The molecule has 2 nitrogen and oxygen atoms in total. The summed E-state index contributed by atoms with van der Waals surface area (Å²) in [5.41, 5.74) is 2.68. The topological polar surface area (TPSA) is 29.5 Å². The molecule has 0 heterocycles. The molecule has 0 aliphatic heterocycles. The number of ether oxygens (including phenoxy) is 1. The van der Waals surface area contributed by atoms with Crippen LogP contribution in [0.4, 0.5) is 0 Å². The number of allylic oxidation sites excluding steroid dienone is 1. The summed E-state index contributed by atoms with van der Waals surface area (Å²) in [4.78, 5) is 0. The van der Waals surface area contributed by atoms with Gasteiger partial charge in [0.25, 0.3) is 0 Å².